The first-order valence-corrected chi connectivity index (χ1v) is 7.27. The number of hydrogen-bond donors (Lipinski definition) is 0. The normalized spacial score (nSPS) is 21.8. The number of hydrogen-bond acceptors (Lipinski definition) is 4. The lowest BCUT2D eigenvalue weighted by molar-refractivity contribution is -0.143. The van der Waals surface area contributed by atoms with Crippen LogP contribution in [0.25, 0.3) is 0 Å². The van der Waals surface area contributed by atoms with E-state index in [-0.39, 0.29) is 17.6 Å². The van der Waals surface area contributed by atoms with Crippen LogP contribution in [0.4, 0.5) is 0 Å². The molecule has 110 valence electrons. The van der Waals surface area contributed by atoms with Crippen molar-refractivity contribution in [3.05, 3.63) is 28.5 Å². The molecule has 1 saturated heterocycles. The Morgan fingerprint density at radius 2 is 2.35 bits per heavy atom. The fourth-order valence-corrected chi connectivity index (χ4v) is 2.80. The third-order valence-corrected chi connectivity index (χ3v) is 3.51. The minimum atomic E-state index is -0.378. The monoisotopic (exact) mass is 342 g/mol. The van der Waals surface area contributed by atoms with E-state index in [2.05, 4.69) is 20.9 Å². The van der Waals surface area contributed by atoms with Gasteiger partial charge in [0.25, 0.3) is 5.91 Å². The van der Waals surface area contributed by atoms with Gasteiger partial charge in [-0.25, -0.2) is 0 Å². The number of carbonyl (C=O) groups excluding carboxylic acids is 1. The largest absolute Gasteiger partial charge is 0.382 e. The van der Waals surface area contributed by atoms with Gasteiger partial charge < -0.3 is 14.4 Å². The number of carbonyl (C=O) groups is 1. The Morgan fingerprint density at radius 3 is 3.00 bits per heavy atom. The maximum Gasteiger partial charge on any atom is 0.255 e. The van der Waals surface area contributed by atoms with Crippen molar-refractivity contribution in [2.24, 2.45) is 0 Å². The molecule has 1 amide bonds. The number of aromatic nitrogens is 1. The maximum absolute atomic E-state index is 12.6. The van der Waals surface area contributed by atoms with Gasteiger partial charge in [-0.2, -0.15) is 0 Å². The SMILES string of the molecule is COC[C@@H]1CN(C(=O)c2cncc(Br)c2)CC(C)(C)O1. The third kappa shape index (κ3) is 3.77. The molecule has 1 aromatic rings. The number of nitrogens with zero attached hydrogens (tertiary/aromatic N) is 2. The Balaban J connectivity index is 2.16. The Labute approximate surface area is 127 Å². The minimum Gasteiger partial charge on any atom is -0.382 e. The number of amides is 1. The molecule has 1 atom stereocenters. The summed E-state index contributed by atoms with van der Waals surface area (Å²) in [6.45, 7) is 5.52. The van der Waals surface area contributed by atoms with Crippen LogP contribution in [-0.2, 0) is 9.47 Å². The minimum absolute atomic E-state index is 0.0312. The molecular weight excluding hydrogens is 324 g/mol. The number of methoxy groups -OCH3 is 1. The maximum atomic E-state index is 12.6. The van der Waals surface area contributed by atoms with Crippen LogP contribution in [-0.4, -0.2) is 54.3 Å². The number of rotatable bonds is 3. The van der Waals surface area contributed by atoms with E-state index in [0.717, 1.165) is 4.47 Å². The van der Waals surface area contributed by atoms with Gasteiger partial charge in [-0.15, -0.1) is 0 Å². The van der Waals surface area contributed by atoms with Crippen LogP contribution in [0.15, 0.2) is 22.9 Å². The van der Waals surface area contributed by atoms with E-state index in [4.69, 9.17) is 9.47 Å². The molecule has 0 N–H and O–H groups in total. The molecule has 0 bridgehead atoms. The zero-order chi connectivity index (χ0) is 14.8. The summed E-state index contributed by atoms with van der Waals surface area (Å²) in [5.41, 5.74) is 0.199. The number of morpholine rings is 1. The molecule has 2 heterocycles. The summed E-state index contributed by atoms with van der Waals surface area (Å²) in [5.74, 6) is -0.0312. The van der Waals surface area contributed by atoms with Crippen LogP contribution in [0.3, 0.4) is 0 Å². The molecule has 1 aliphatic heterocycles. The molecule has 0 saturated carbocycles. The molecule has 5 nitrogen and oxygen atoms in total. The zero-order valence-corrected chi connectivity index (χ0v) is 13.5. The summed E-state index contributed by atoms with van der Waals surface area (Å²) in [7, 11) is 1.63. The van der Waals surface area contributed by atoms with Crippen molar-refractivity contribution in [2.45, 2.75) is 25.6 Å². The number of halogens is 1. The van der Waals surface area contributed by atoms with Crippen molar-refractivity contribution in [1.29, 1.82) is 0 Å². The van der Waals surface area contributed by atoms with Gasteiger partial charge in [0.1, 0.15) is 0 Å². The van der Waals surface area contributed by atoms with Gasteiger partial charge in [0.05, 0.1) is 23.9 Å². The van der Waals surface area contributed by atoms with Gasteiger partial charge in [0.15, 0.2) is 0 Å². The van der Waals surface area contributed by atoms with Gasteiger partial charge in [-0.1, -0.05) is 0 Å². The lowest BCUT2D eigenvalue weighted by Crippen LogP contribution is -2.55. The lowest BCUT2D eigenvalue weighted by atomic mass is 10.0. The Hall–Kier alpha value is -0.980. The lowest BCUT2D eigenvalue weighted by Gasteiger charge is -2.42. The molecule has 0 aromatic carbocycles. The number of pyridine rings is 1. The summed E-state index contributed by atoms with van der Waals surface area (Å²) < 4.78 is 11.9. The van der Waals surface area contributed by atoms with Crippen LogP contribution in [0.5, 0.6) is 0 Å². The van der Waals surface area contributed by atoms with Gasteiger partial charge in [-0.05, 0) is 35.8 Å². The van der Waals surface area contributed by atoms with Gasteiger partial charge >= 0.3 is 0 Å². The Bertz CT molecular complexity index is 493. The first-order valence-electron chi connectivity index (χ1n) is 6.48. The van der Waals surface area contributed by atoms with Crippen molar-refractivity contribution in [2.75, 3.05) is 26.8 Å². The summed E-state index contributed by atoms with van der Waals surface area (Å²) in [5, 5.41) is 0. The highest BCUT2D eigenvalue weighted by molar-refractivity contribution is 9.10. The molecule has 0 spiro atoms. The second-order valence-electron chi connectivity index (χ2n) is 5.53. The molecule has 1 aromatic heterocycles. The van der Waals surface area contributed by atoms with Crippen molar-refractivity contribution in [3.63, 3.8) is 0 Å². The molecule has 1 fully saturated rings. The molecule has 1 aliphatic rings. The predicted octanol–water partition coefficient (Wildman–Crippen LogP) is 2.11. The quantitative estimate of drug-likeness (QED) is 0.844. The molecule has 20 heavy (non-hydrogen) atoms. The highest BCUT2D eigenvalue weighted by Crippen LogP contribution is 2.23. The second-order valence-corrected chi connectivity index (χ2v) is 6.45. The van der Waals surface area contributed by atoms with E-state index in [0.29, 0.717) is 25.3 Å². The smallest absolute Gasteiger partial charge is 0.255 e. The van der Waals surface area contributed by atoms with E-state index in [1.807, 2.05) is 13.8 Å². The third-order valence-electron chi connectivity index (χ3n) is 3.07. The van der Waals surface area contributed by atoms with Gasteiger partial charge in [0, 0.05) is 37.1 Å². The summed E-state index contributed by atoms with van der Waals surface area (Å²) in [6, 6.07) is 1.78. The molecule has 0 unspecified atom stereocenters. The topological polar surface area (TPSA) is 51.7 Å². The van der Waals surface area contributed by atoms with Crippen LogP contribution >= 0.6 is 15.9 Å². The first-order chi connectivity index (χ1) is 9.41. The van der Waals surface area contributed by atoms with Gasteiger partial charge in [-0.3, -0.25) is 9.78 Å². The van der Waals surface area contributed by atoms with Crippen LogP contribution in [0, 0.1) is 0 Å². The first kappa shape index (κ1) is 15.4. The van der Waals surface area contributed by atoms with Crippen molar-refractivity contribution in [1.82, 2.24) is 9.88 Å². The van der Waals surface area contributed by atoms with Crippen LogP contribution < -0.4 is 0 Å². The average Bonchev–Trinajstić information content (AvgIpc) is 2.36. The molecular formula is C14H19BrN2O3. The fourth-order valence-electron chi connectivity index (χ4n) is 2.43. The Kier molecular flexibility index (Phi) is 4.78. The van der Waals surface area contributed by atoms with E-state index >= 15 is 0 Å². The molecule has 6 heteroatoms. The molecule has 0 aliphatic carbocycles. The van der Waals surface area contributed by atoms with E-state index in [1.165, 1.54) is 0 Å². The highest BCUT2D eigenvalue weighted by Gasteiger charge is 2.35. The van der Waals surface area contributed by atoms with Crippen molar-refractivity contribution in [3.8, 4) is 0 Å². The van der Waals surface area contributed by atoms with Crippen LogP contribution in [0.2, 0.25) is 0 Å². The van der Waals surface area contributed by atoms with E-state index in [1.54, 1.807) is 30.5 Å². The standard InChI is InChI=1S/C14H19BrN2O3/c1-14(2)9-17(7-12(20-14)8-19-3)13(18)10-4-11(15)6-16-5-10/h4-6,12H,7-9H2,1-3H3/t12-/m0/s1. The summed E-state index contributed by atoms with van der Waals surface area (Å²) >= 11 is 3.34. The zero-order valence-electron chi connectivity index (χ0n) is 11.9. The predicted molar refractivity (Wildman–Crippen MR) is 78.7 cm³/mol. The summed E-state index contributed by atoms with van der Waals surface area (Å²) in [4.78, 5) is 18.4. The second kappa shape index (κ2) is 6.20. The number of ether oxygens (including phenoxy) is 2. The van der Waals surface area contributed by atoms with Crippen LogP contribution in [0.1, 0.15) is 24.2 Å². The average molecular weight is 343 g/mol. The van der Waals surface area contributed by atoms with Crippen molar-refractivity contribution < 1.29 is 14.3 Å². The molecule has 2 rings (SSSR count). The van der Waals surface area contributed by atoms with Crippen molar-refractivity contribution >= 4 is 21.8 Å². The molecule has 0 radical (unpaired) electrons. The van der Waals surface area contributed by atoms with E-state index in [9.17, 15) is 4.79 Å². The fraction of sp³-hybridized carbons (Fsp3) is 0.571. The summed E-state index contributed by atoms with van der Waals surface area (Å²) in [6.07, 6.45) is 3.14. The van der Waals surface area contributed by atoms with Gasteiger partial charge in [0.2, 0.25) is 0 Å². The highest BCUT2D eigenvalue weighted by atomic mass is 79.9. The van der Waals surface area contributed by atoms with E-state index < -0.39 is 0 Å². The Morgan fingerprint density at radius 1 is 1.60 bits per heavy atom.